The van der Waals surface area contributed by atoms with E-state index < -0.39 is 0 Å². The van der Waals surface area contributed by atoms with Gasteiger partial charge in [0.1, 0.15) is 16.9 Å². The van der Waals surface area contributed by atoms with E-state index in [0.29, 0.717) is 23.0 Å². The average Bonchev–Trinajstić information content (AvgIpc) is 3.42. The molecule has 6 nitrogen and oxygen atoms in total. The van der Waals surface area contributed by atoms with Crippen LogP contribution in [-0.2, 0) is 24.2 Å². The fourth-order valence-corrected chi connectivity index (χ4v) is 6.28. The number of hydrogen-bond donors (Lipinski definition) is 1. The number of rotatable bonds is 7. The van der Waals surface area contributed by atoms with E-state index in [4.69, 9.17) is 0 Å². The van der Waals surface area contributed by atoms with Crippen molar-refractivity contribution in [3.63, 3.8) is 0 Å². The second-order valence-corrected chi connectivity index (χ2v) is 9.63. The SMILES string of the molecule is C=CCn1c(SCC(=O)Nc2sc3c(c2C#N)CCC3)nnc1C1CCCCC1. The van der Waals surface area contributed by atoms with Crippen molar-refractivity contribution in [3.05, 3.63) is 34.5 Å². The fraction of sp³-hybridized carbons (Fsp3) is 0.524. The molecule has 0 radical (unpaired) electrons. The van der Waals surface area contributed by atoms with Gasteiger partial charge < -0.3 is 9.88 Å². The van der Waals surface area contributed by atoms with Crippen molar-refractivity contribution >= 4 is 34.0 Å². The molecule has 0 aliphatic heterocycles. The van der Waals surface area contributed by atoms with Crippen molar-refractivity contribution < 1.29 is 4.79 Å². The number of fused-ring (bicyclic) bond motifs is 1. The van der Waals surface area contributed by atoms with Gasteiger partial charge in [-0.3, -0.25) is 4.79 Å². The Balaban J connectivity index is 1.42. The van der Waals surface area contributed by atoms with Crippen LogP contribution in [-0.4, -0.2) is 26.4 Å². The van der Waals surface area contributed by atoms with E-state index in [1.165, 1.54) is 35.9 Å². The molecule has 2 aromatic rings. The first-order valence-electron chi connectivity index (χ1n) is 10.2. The Bertz CT molecular complexity index is 949. The number of amides is 1. The number of nitriles is 1. The van der Waals surface area contributed by atoms with Crippen molar-refractivity contribution in [2.45, 2.75) is 69.0 Å². The summed E-state index contributed by atoms with van der Waals surface area (Å²) in [4.78, 5) is 13.8. The van der Waals surface area contributed by atoms with E-state index in [0.717, 1.165) is 48.6 Å². The first-order valence-corrected chi connectivity index (χ1v) is 12.0. The van der Waals surface area contributed by atoms with Crippen LogP contribution in [0.5, 0.6) is 0 Å². The summed E-state index contributed by atoms with van der Waals surface area (Å²) >= 11 is 2.94. The minimum atomic E-state index is -0.112. The molecule has 4 rings (SSSR count). The summed E-state index contributed by atoms with van der Waals surface area (Å²) in [5, 5.41) is 22.7. The van der Waals surface area contributed by atoms with Gasteiger partial charge in [-0.1, -0.05) is 37.1 Å². The van der Waals surface area contributed by atoms with Gasteiger partial charge in [0.2, 0.25) is 5.91 Å². The minimum Gasteiger partial charge on any atom is -0.316 e. The van der Waals surface area contributed by atoms with Gasteiger partial charge in [0.25, 0.3) is 0 Å². The van der Waals surface area contributed by atoms with Crippen molar-refractivity contribution in [3.8, 4) is 6.07 Å². The molecule has 2 aliphatic rings. The normalized spacial score (nSPS) is 16.4. The maximum Gasteiger partial charge on any atom is 0.235 e. The molecule has 1 N–H and O–H groups in total. The highest BCUT2D eigenvalue weighted by Gasteiger charge is 2.25. The highest BCUT2D eigenvalue weighted by atomic mass is 32.2. The molecule has 1 amide bonds. The number of thiophene rings is 1. The molecular weight excluding hydrogens is 402 g/mol. The van der Waals surface area contributed by atoms with Crippen LogP contribution in [0, 0.1) is 11.3 Å². The van der Waals surface area contributed by atoms with Crippen LogP contribution in [0.3, 0.4) is 0 Å². The number of nitrogens with zero attached hydrogens (tertiary/aromatic N) is 4. The third-order valence-electron chi connectivity index (χ3n) is 5.65. The highest BCUT2D eigenvalue weighted by molar-refractivity contribution is 7.99. The fourth-order valence-electron chi connectivity index (χ4n) is 4.27. The number of hydrogen-bond acceptors (Lipinski definition) is 6. The number of carbonyl (C=O) groups excluding carboxylic acids is 1. The predicted molar refractivity (Wildman–Crippen MR) is 116 cm³/mol. The summed E-state index contributed by atoms with van der Waals surface area (Å²) in [6.45, 7) is 4.51. The topological polar surface area (TPSA) is 83.6 Å². The molecule has 29 heavy (non-hydrogen) atoms. The van der Waals surface area contributed by atoms with Gasteiger partial charge >= 0.3 is 0 Å². The van der Waals surface area contributed by atoms with E-state index in [2.05, 4.69) is 32.7 Å². The molecule has 1 saturated carbocycles. The molecule has 1 fully saturated rings. The molecule has 152 valence electrons. The standard InChI is InChI=1S/C21H25N5OS2/c1-2-11-26-19(14-7-4-3-5-8-14)24-25-21(26)28-13-18(27)23-20-16(12-22)15-9-6-10-17(15)29-20/h2,14H,1,3-11,13H2,(H,23,27). The van der Waals surface area contributed by atoms with Crippen molar-refractivity contribution in [1.29, 1.82) is 5.26 Å². The van der Waals surface area contributed by atoms with Gasteiger partial charge in [0.05, 0.1) is 11.3 Å². The third-order valence-corrected chi connectivity index (χ3v) is 7.82. The molecule has 0 aromatic carbocycles. The molecule has 0 spiro atoms. The third kappa shape index (κ3) is 4.26. The second kappa shape index (κ2) is 9.14. The Morgan fingerprint density at radius 2 is 2.14 bits per heavy atom. The van der Waals surface area contributed by atoms with Crippen LogP contribution in [0.2, 0.25) is 0 Å². The number of thioether (sulfide) groups is 1. The summed E-state index contributed by atoms with van der Waals surface area (Å²) in [5.74, 6) is 1.60. The molecule has 2 heterocycles. The summed E-state index contributed by atoms with van der Waals surface area (Å²) in [7, 11) is 0. The monoisotopic (exact) mass is 427 g/mol. The van der Waals surface area contributed by atoms with E-state index in [1.807, 2.05) is 6.08 Å². The lowest BCUT2D eigenvalue weighted by Crippen LogP contribution is -2.15. The number of nitrogens with one attached hydrogen (secondary N) is 1. The Labute approximate surface area is 179 Å². The summed E-state index contributed by atoms with van der Waals surface area (Å²) in [5.41, 5.74) is 1.78. The zero-order valence-electron chi connectivity index (χ0n) is 16.4. The van der Waals surface area contributed by atoms with Gasteiger partial charge in [-0.2, -0.15) is 5.26 Å². The largest absolute Gasteiger partial charge is 0.316 e. The summed E-state index contributed by atoms with van der Waals surface area (Å²) < 4.78 is 2.10. The lowest BCUT2D eigenvalue weighted by Gasteiger charge is -2.21. The molecule has 8 heteroatoms. The molecular formula is C21H25N5OS2. The number of carbonyl (C=O) groups is 1. The van der Waals surface area contributed by atoms with Crippen LogP contribution in [0.15, 0.2) is 17.8 Å². The average molecular weight is 428 g/mol. The minimum absolute atomic E-state index is 0.112. The lowest BCUT2D eigenvalue weighted by atomic mass is 9.89. The zero-order chi connectivity index (χ0) is 20.2. The van der Waals surface area contributed by atoms with Crippen LogP contribution in [0.4, 0.5) is 5.00 Å². The highest BCUT2D eigenvalue weighted by Crippen LogP contribution is 2.38. The van der Waals surface area contributed by atoms with Gasteiger partial charge in [-0.25, -0.2) is 0 Å². The zero-order valence-corrected chi connectivity index (χ0v) is 18.1. The Morgan fingerprint density at radius 1 is 1.31 bits per heavy atom. The first-order chi connectivity index (χ1) is 14.2. The lowest BCUT2D eigenvalue weighted by molar-refractivity contribution is -0.113. The van der Waals surface area contributed by atoms with Crippen molar-refractivity contribution in [1.82, 2.24) is 14.8 Å². The molecule has 2 aromatic heterocycles. The van der Waals surface area contributed by atoms with Gasteiger partial charge in [0.15, 0.2) is 5.16 Å². The first kappa shape index (κ1) is 20.2. The van der Waals surface area contributed by atoms with Crippen molar-refractivity contribution in [2.24, 2.45) is 0 Å². The maximum absolute atomic E-state index is 12.5. The Morgan fingerprint density at radius 3 is 2.90 bits per heavy atom. The molecule has 2 aliphatic carbocycles. The number of allylic oxidation sites excluding steroid dienone is 1. The van der Waals surface area contributed by atoms with E-state index in [1.54, 1.807) is 11.3 Å². The van der Waals surface area contributed by atoms with E-state index in [-0.39, 0.29) is 11.7 Å². The molecule has 0 saturated heterocycles. The van der Waals surface area contributed by atoms with Crippen LogP contribution in [0.25, 0.3) is 0 Å². The van der Waals surface area contributed by atoms with E-state index >= 15 is 0 Å². The van der Waals surface area contributed by atoms with Gasteiger partial charge in [-0.05, 0) is 37.7 Å². The summed E-state index contributed by atoms with van der Waals surface area (Å²) in [6, 6.07) is 2.27. The number of aryl methyl sites for hydroxylation is 1. The van der Waals surface area contributed by atoms with E-state index in [9.17, 15) is 10.1 Å². The summed E-state index contributed by atoms with van der Waals surface area (Å²) in [6.07, 6.45) is 11.0. The quantitative estimate of drug-likeness (QED) is 0.513. The molecule has 0 unspecified atom stereocenters. The van der Waals surface area contributed by atoms with Gasteiger partial charge in [0, 0.05) is 17.3 Å². The van der Waals surface area contributed by atoms with Crippen LogP contribution >= 0.6 is 23.1 Å². The Kier molecular flexibility index (Phi) is 6.36. The smallest absolute Gasteiger partial charge is 0.235 e. The predicted octanol–water partition coefficient (Wildman–Crippen LogP) is 4.66. The van der Waals surface area contributed by atoms with Crippen molar-refractivity contribution in [2.75, 3.05) is 11.1 Å². The number of anilines is 1. The Hall–Kier alpha value is -2.11. The second-order valence-electron chi connectivity index (χ2n) is 7.59. The number of aromatic nitrogens is 3. The molecule has 0 atom stereocenters. The van der Waals surface area contributed by atoms with Crippen LogP contribution in [0.1, 0.15) is 66.3 Å². The maximum atomic E-state index is 12.5. The molecule has 0 bridgehead atoms. The van der Waals surface area contributed by atoms with Gasteiger partial charge in [-0.15, -0.1) is 28.1 Å². The van der Waals surface area contributed by atoms with Crippen LogP contribution < -0.4 is 5.32 Å².